The first-order valence-electron chi connectivity index (χ1n) is 10.3. The van der Waals surface area contributed by atoms with Gasteiger partial charge in [0.05, 0.1) is 18.3 Å². The maximum Gasteiger partial charge on any atom is 0.119 e. The highest BCUT2D eigenvalue weighted by Gasteiger charge is 2.26. The van der Waals surface area contributed by atoms with Crippen LogP contribution in [0.3, 0.4) is 0 Å². The second-order valence-electron chi connectivity index (χ2n) is 7.54. The molecular weight excluding hydrogens is 384 g/mol. The molecule has 4 rings (SSSR count). The van der Waals surface area contributed by atoms with Crippen molar-refractivity contribution in [2.24, 2.45) is 0 Å². The van der Waals surface area contributed by atoms with Crippen LogP contribution in [0.2, 0.25) is 0 Å². The SMILES string of the molecule is CCOc1ccc(CN2CCN(Cc3ccc4nsnc4c3)C[C@@H]2CCO)cc1. The third kappa shape index (κ3) is 5.11. The summed E-state index contributed by atoms with van der Waals surface area (Å²) >= 11 is 1.26. The molecule has 3 aromatic rings. The fourth-order valence-electron chi connectivity index (χ4n) is 4.01. The Bertz CT molecular complexity index is 915. The molecule has 0 aliphatic carbocycles. The zero-order valence-corrected chi connectivity index (χ0v) is 17.6. The van der Waals surface area contributed by atoms with Gasteiger partial charge in [-0.3, -0.25) is 9.80 Å². The molecule has 0 unspecified atom stereocenters. The number of aliphatic hydroxyl groups excluding tert-OH is 1. The van der Waals surface area contributed by atoms with E-state index in [1.165, 1.54) is 22.9 Å². The van der Waals surface area contributed by atoms with E-state index in [4.69, 9.17) is 4.74 Å². The number of hydrogen-bond donors (Lipinski definition) is 1. The van der Waals surface area contributed by atoms with Gasteiger partial charge in [0.15, 0.2) is 0 Å². The molecule has 154 valence electrons. The molecule has 1 N–H and O–H groups in total. The van der Waals surface area contributed by atoms with Gasteiger partial charge < -0.3 is 9.84 Å². The van der Waals surface area contributed by atoms with Crippen molar-refractivity contribution in [2.45, 2.75) is 32.5 Å². The first-order valence-corrected chi connectivity index (χ1v) is 11.0. The van der Waals surface area contributed by atoms with Gasteiger partial charge in [0, 0.05) is 45.4 Å². The summed E-state index contributed by atoms with van der Waals surface area (Å²) < 4.78 is 14.2. The monoisotopic (exact) mass is 412 g/mol. The largest absolute Gasteiger partial charge is 0.494 e. The van der Waals surface area contributed by atoms with Gasteiger partial charge in [-0.1, -0.05) is 18.2 Å². The van der Waals surface area contributed by atoms with Crippen molar-refractivity contribution in [3.63, 3.8) is 0 Å². The molecule has 0 bridgehead atoms. The molecule has 0 saturated carbocycles. The van der Waals surface area contributed by atoms with Crippen molar-refractivity contribution in [3.05, 3.63) is 53.6 Å². The molecule has 7 heteroatoms. The lowest BCUT2D eigenvalue weighted by Crippen LogP contribution is -2.52. The minimum absolute atomic E-state index is 0.217. The Hall–Kier alpha value is -2.06. The van der Waals surface area contributed by atoms with Crippen LogP contribution in [-0.2, 0) is 13.1 Å². The highest BCUT2D eigenvalue weighted by molar-refractivity contribution is 7.00. The molecule has 6 nitrogen and oxygen atoms in total. The summed E-state index contributed by atoms with van der Waals surface area (Å²) in [5.74, 6) is 0.917. The van der Waals surface area contributed by atoms with Gasteiger partial charge in [0.25, 0.3) is 0 Å². The van der Waals surface area contributed by atoms with E-state index in [-0.39, 0.29) is 6.61 Å². The summed E-state index contributed by atoms with van der Waals surface area (Å²) in [4.78, 5) is 4.98. The number of aromatic nitrogens is 2. The third-order valence-corrected chi connectivity index (χ3v) is 6.05. The smallest absolute Gasteiger partial charge is 0.119 e. The van der Waals surface area contributed by atoms with E-state index in [0.717, 1.165) is 55.9 Å². The molecule has 29 heavy (non-hydrogen) atoms. The molecule has 1 atom stereocenters. The van der Waals surface area contributed by atoms with Crippen molar-refractivity contribution >= 4 is 22.8 Å². The summed E-state index contributed by atoms with van der Waals surface area (Å²) in [6.07, 6.45) is 0.794. The highest BCUT2D eigenvalue weighted by Crippen LogP contribution is 2.21. The quantitative estimate of drug-likeness (QED) is 0.613. The van der Waals surface area contributed by atoms with Crippen molar-refractivity contribution in [1.29, 1.82) is 0 Å². The average molecular weight is 413 g/mol. The highest BCUT2D eigenvalue weighted by atomic mass is 32.1. The Balaban J connectivity index is 1.38. The second kappa shape index (κ2) is 9.63. The van der Waals surface area contributed by atoms with E-state index in [0.29, 0.717) is 12.6 Å². The van der Waals surface area contributed by atoms with Gasteiger partial charge in [0.1, 0.15) is 16.8 Å². The molecule has 1 aromatic heterocycles. The van der Waals surface area contributed by atoms with Crippen molar-refractivity contribution in [3.8, 4) is 5.75 Å². The molecule has 1 aliphatic rings. The fourth-order valence-corrected chi connectivity index (χ4v) is 4.53. The summed E-state index contributed by atoms with van der Waals surface area (Å²) in [5, 5.41) is 9.59. The summed E-state index contributed by atoms with van der Waals surface area (Å²) in [5.41, 5.74) is 4.50. The second-order valence-corrected chi connectivity index (χ2v) is 8.06. The van der Waals surface area contributed by atoms with Crippen molar-refractivity contribution in [2.75, 3.05) is 32.8 Å². The molecule has 0 spiro atoms. The Morgan fingerprint density at radius 1 is 1.03 bits per heavy atom. The van der Waals surface area contributed by atoms with E-state index in [1.807, 2.05) is 19.1 Å². The molecule has 1 saturated heterocycles. The molecule has 2 heterocycles. The van der Waals surface area contributed by atoms with Gasteiger partial charge in [-0.25, -0.2) is 0 Å². The predicted octanol–water partition coefficient (Wildman–Crippen LogP) is 3.16. The van der Waals surface area contributed by atoms with Gasteiger partial charge in [-0.2, -0.15) is 8.75 Å². The minimum atomic E-state index is 0.217. The number of fused-ring (bicyclic) bond motifs is 1. The number of aliphatic hydroxyl groups is 1. The topological polar surface area (TPSA) is 61.7 Å². The van der Waals surface area contributed by atoms with Gasteiger partial charge in [-0.05, 0) is 48.7 Å². The average Bonchev–Trinajstić information content (AvgIpc) is 3.20. The minimum Gasteiger partial charge on any atom is -0.494 e. The predicted molar refractivity (Wildman–Crippen MR) is 116 cm³/mol. The maximum atomic E-state index is 9.59. The first kappa shape index (κ1) is 20.2. The molecule has 0 amide bonds. The Labute approximate surface area is 176 Å². The summed E-state index contributed by atoms with van der Waals surface area (Å²) in [7, 11) is 0. The summed E-state index contributed by atoms with van der Waals surface area (Å²) in [6, 6.07) is 15.1. The van der Waals surface area contributed by atoms with E-state index >= 15 is 0 Å². The van der Waals surface area contributed by atoms with Gasteiger partial charge in [-0.15, -0.1) is 0 Å². The fraction of sp³-hybridized carbons (Fsp3) is 0.455. The molecule has 1 fully saturated rings. The summed E-state index contributed by atoms with van der Waals surface area (Å²) in [6.45, 7) is 7.70. The van der Waals surface area contributed by atoms with Crippen LogP contribution in [-0.4, -0.2) is 62.5 Å². The van der Waals surface area contributed by atoms with Gasteiger partial charge in [0.2, 0.25) is 0 Å². The molecular formula is C22H28N4O2S. The number of rotatable bonds is 8. The van der Waals surface area contributed by atoms with Crippen LogP contribution in [0.5, 0.6) is 5.75 Å². The van der Waals surface area contributed by atoms with Crippen LogP contribution in [0.25, 0.3) is 11.0 Å². The number of hydrogen-bond acceptors (Lipinski definition) is 7. The van der Waals surface area contributed by atoms with E-state index in [1.54, 1.807) is 0 Å². The van der Waals surface area contributed by atoms with Crippen LogP contribution in [0.1, 0.15) is 24.5 Å². The van der Waals surface area contributed by atoms with Crippen LogP contribution in [0, 0.1) is 0 Å². The lowest BCUT2D eigenvalue weighted by molar-refractivity contribution is 0.0500. The van der Waals surface area contributed by atoms with Crippen LogP contribution in [0.4, 0.5) is 0 Å². The molecule has 1 aliphatic heterocycles. The number of nitrogens with zero attached hydrogens (tertiary/aromatic N) is 4. The number of piperazine rings is 1. The van der Waals surface area contributed by atoms with E-state index < -0.39 is 0 Å². The van der Waals surface area contributed by atoms with Crippen LogP contribution < -0.4 is 4.74 Å². The maximum absolute atomic E-state index is 9.59. The Morgan fingerprint density at radius 3 is 2.62 bits per heavy atom. The Kier molecular flexibility index (Phi) is 6.71. The lowest BCUT2D eigenvalue weighted by Gasteiger charge is -2.41. The normalized spacial score (nSPS) is 18.3. The molecule has 2 aromatic carbocycles. The Morgan fingerprint density at radius 2 is 1.83 bits per heavy atom. The number of benzene rings is 2. The zero-order chi connectivity index (χ0) is 20.1. The van der Waals surface area contributed by atoms with E-state index in [2.05, 4.69) is 48.9 Å². The first-order chi connectivity index (χ1) is 14.2. The third-order valence-electron chi connectivity index (χ3n) is 5.50. The van der Waals surface area contributed by atoms with Crippen LogP contribution in [0.15, 0.2) is 42.5 Å². The number of ether oxygens (including phenoxy) is 1. The molecule has 0 radical (unpaired) electrons. The lowest BCUT2D eigenvalue weighted by atomic mass is 10.1. The van der Waals surface area contributed by atoms with E-state index in [9.17, 15) is 5.11 Å². The van der Waals surface area contributed by atoms with Crippen molar-refractivity contribution < 1.29 is 9.84 Å². The van der Waals surface area contributed by atoms with Crippen LogP contribution >= 0.6 is 11.7 Å². The van der Waals surface area contributed by atoms with Crippen molar-refractivity contribution in [1.82, 2.24) is 18.5 Å². The standard InChI is InChI=1S/C22H28N4O2S/c1-2-28-20-6-3-17(4-7-20)15-26-11-10-25(16-19(26)9-12-27)14-18-5-8-21-22(13-18)24-29-23-21/h3-8,13,19,27H,2,9-12,14-16H2,1H3/t19-/m0/s1. The van der Waals surface area contributed by atoms with Gasteiger partial charge >= 0.3 is 0 Å². The zero-order valence-electron chi connectivity index (χ0n) is 16.8.